The van der Waals surface area contributed by atoms with E-state index in [2.05, 4.69) is 52.1 Å². The van der Waals surface area contributed by atoms with Crippen LogP contribution in [-0.4, -0.2) is 40.6 Å². The van der Waals surface area contributed by atoms with Gasteiger partial charge in [-0.1, -0.05) is 12.1 Å². The van der Waals surface area contributed by atoms with Crippen LogP contribution in [0.1, 0.15) is 12.8 Å². The Kier molecular flexibility index (Phi) is 2.96. The van der Waals surface area contributed by atoms with Crippen LogP contribution in [0.4, 0.5) is 5.95 Å². The van der Waals surface area contributed by atoms with Gasteiger partial charge in [-0.2, -0.15) is 0 Å². The predicted molar refractivity (Wildman–Crippen MR) is 74.9 cm³/mol. The van der Waals surface area contributed by atoms with E-state index in [1.165, 1.54) is 31.4 Å². The first-order chi connectivity index (χ1) is 8.74. The molecule has 3 rings (SSSR count). The summed E-state index contributed by atoms with van der Waals surface area (Å²) in [6, 6.07) is 8.83. The van der Waals surface area contributed by atoms with Crippen molar-refractivity contribution in [1.29, 1.82) is 0 Å². The van der Waals surface area contributed by atoms with Crippen LogP contribution >= 0.6 is 0 Å². The molecule has 1 aliphatic heterocycles. The van der Waals surface area contributed by atoms with E-state index in [1.807, 2.05) is 6.07 Å². The maximum atomic E-state index is 4.66. The first-order valence-electron chi connectivity index (χ1n) is 6.60. The van der Waals surface area contributed by atoms with Crippen LogP contribution in [0.25, 0.3) is 11.0 Å². The summed E-state index contributed by atoms with van der Waals surface area (Å²) in [5, 5.41) is 3.58. The van der Waals surface area contributed by atoms with Crippen molar-refractivity contribution in [3.05, 3.63) is 24.3 Å². The first kappa shape index (κ1) is 11.5. The number of anilines is 1. The van der Waals surface area contributed by atoms with Crippen molar-refractivity contribution in [2.24, 2.45) is 7.05 Å². The van der Waals surface area contributed by atoms with Crippen LogP contribution in [0.2, 0.25) is 0 Å². The molecule has 0 bridgehead atoms. The third-order valence-electron chi connectivity index (χ3n) is 3.84. The van der Waals surface area contributed by atoms with Crippen molar-refractivity contribution in [3.63, 3.8) is 0 Å². The molecule has 0 aliphatic carbocycles. The van der Waals surface area contributed by atoms with Crippen molar-refractivity contribution in [3.8, 4) is 0 Å². The number of nitrogens with one attached hydrogen (secondary N) is 1. The van der Waals surface area contributed by atoms with Crippen molar-refractivity contribution in [1.82, 2.24) is 14.5 Å². The van der Waals surface area contributed by atoms with E-state index in [0.29, 0.717) is 6.04 Å². The number of piperidine rings is 1. The second kappa shape index (κ2) is 4.61. The highest BCUT2D eigenvalue weighted by atomic mass is 15.2. The van der Waals surface area contributed by atoms with Crippen LogP contribution in [0.5, 0.6) is 0 Å². The Morgan fingerprint density at radius 1 is 1.17 bits per heavy atom. The third kappa shape index (κ3) is 2.08. The SMILES string of the molecule is CN1CCC(Nc2nc3ccccc3n2C)CC1. The fourth-order valence-corrected chi connectivity index (χ4v) is 2.61. The third-order valence-corrected chi connectivity index (χ3v) is 3.84. The topological polar surface area (TPSA) is 33.1 Å². The van der Waals surface area contributed by atoms with Crippen LogP contribution in [0.3, 0.4) is 0 Å². The number of nitrogens with zero attached hydrogens (tertiary/aromatic N) is 3. The molecular formula is C14H20N4. The molecular weight excluding hydrogens is 224 g/mol. The Morgan fingerprint density at radius 2 is 1.89 bits per heavy atom. The lowest BCUT2D eigenvalue weighted by Crippen LogP contribution is -2.37. The van der Waals surface area contributed by atoms with Gasteiger partial charge >= 0.3 is 0 Å². The summed E-state index contributed by atoms with van der Waals surface area (Å²) in [7, 11) is 4.26. The van der Waals surface area contributed by atoms with E-state index < -0.39 is 0 Å². The number of aromatic nitrogens is 2. The Labute approximate surface area is 108 Å². The number of hydrogen-bond donors (Lipinski definition) is 1. The van der Waals surface area contributed by atoms with Crippen LogP contribution < -0.4 is 5.32 Å². The fraction of sp³-hybridized carbons (Fsp3) is 0.500. The minimum Gasteiger partial charge on any atom is -0.353 e. The number of aryl methyl sites for hydroxylation is 1. The molecule has 0 spiro atoms. The Balaban J connectivity index is 1.80. The smallest absolute Gasteiger partial charge is 0.203 e. The second-order valence-corrected chi connectivity index (χ2v) is 5.21. The molecule has 4 heteroatoms. The summed E-state index contributed by atoms with van der Waals surface area (Å²) < 4.78 is 2.15. The van der Waals surface area contributed by atoms with Crippen molar-refractivity contribution < 1.29 is 0 Å². The number of para-hydroxylation sites is 2. The van der Waals surface area contributed by atoms with E-state index in [4.69, 9.17) is 0 Å². The molecule has 0 atom stereocenters. The van der Waals surface area contributed by atoms with E-state index in [0.717, 1.165) is 11.5 Å². The Morgan fingerprint density at radius 3 is 2.61 bits per heavy atom. The molecule has 1 aromatic carbocycles. The molecule has 1 N–H and O–H groups in total. The molecule has 0 unspecified atom stereocenters. The lowest BCUT2D eigenvalue weighted by molar-refractivity contribution is 0.263. The predicted octanol–water partition coefficient (Wildman–Crippen LogP) is 2.08. The van der Waals surface area contributed by atoms with Gasteiger partial charge in [0.25, 0.3) is 0 Å². The minimum absolute atomic E-state index is 0.553. The first-order valence-corrected chi connectivity index (χ1v) is 6.60. The van der Waals surface area contributed by atoms with Gasteiger partial charge in [0.15, 0.2) is 0 Å². The largest absolute Gasteiger partial charge is 0.353 e. The minimum atomic E-state index is 0.553. The monoisotopic (exact) mass is 244 g/mol. The average molecular weight is 244 g/mol. The zero-order valence-electron chi connectivity index (χ0n) is 11.1. The summed E-state index contributed by atoms with van der Waals surface area (Å²) in [5.74, 6) is 0.991. The quantitative estimate of drug-likeness (QED) is 0.878. The van der Waals surface area contributed by atoms with Gasteiger partial charge in [0.2, 0.25) is 5.95 Å². The van der Waals surface area contributed by atoms with Crippen molar-refractivity contribution >= 4 is 17.0 Å². The maximum Gasteiger partial charge on any atom is 0.203 e. The standard InChI is InChI=1S/C14H20N4/c1-17-9-7-11(8-10-17)15-14-16-12-5-3-4-6-13(12)18(14)2/h3-6,11H,7-10H2,1-2H3,(H,15,16). The fourth-order valence-electron chi connectivity index (χ4n) is 2.61. The van der Waals surface area contributed by atoms with Gasteiger partial charge in [0.1, 0.15) is 0 Å². The maximum absolute atomic E-state index is 4.66. The number of hydrogen-bond acceptors (Lipinski definition) is 3. The van der Waals surface area contributed by atoms with Gasteiger partial charge in [-0.05, 0) is 45.1 Å². The Bertz CT molecular complexity index is 538. The van der Waals surface area contributed by atoms with Gasteiger partial charge in [0.05, 0.1) is 11.0 Å². The normalized spacial score (nSPS) is 18.3. The number of benzene rings is 1. The summed E-state index contributed by atoms with van der Waals surface area (Å²) in [6.45, 7) is 2.34. The lowest BCUT2D eigenvalue weighted by atomic mass is 10.1. The number of likely N-dealkylation sites (tertiary alicyclic amines) is 1. The highest BCUT2D eigenvalue weighted by Crippen LogP contribution is 2.20. The molecule has 0 saturated carbocycles. The highest BCUT2D eigenvalue weighted by Gasteiger charge is 2.18. The van der Waals surface area contributed by atoms with Gasteiger partial charge in [-0.25, -0.2) is 4.98 Å². The molecule has 2 aromatic rings. The molecule has 0 amide bonds. The second-order valence-electron chi connectivity index (χ2n) is 5.21. The molecule has 1 aliphatic rings. The number of rotatable bonds is 2. The average Bonchev–Trinajstić information content (AvgIpc) is 2.70. The molecule has 96 valence electrons. The van der Waals surface area contributed by atoms with Gasteiger partial charge in [0, 0.05) is 13.1 Å². The van der Waals surface area contributed by atoms with E-state index in [1.54, 1.807) is 0 Å². The molecule has 1 fully saturated rings. The van der Waals surface area contributed by atoms with E-state index in [-0.39, 0.29) is 0 Å². The van der Waals surface area contributed by atoms with E-state index in [9.17, 15) is 0 Å². The number of fused-ring (bicyclic) bond motifs is 1. The van der Waals surface area contributed by atoms with Crippen LogP contribution in [0, 0.1) is 0 Å². The molecule has 18 heavy (non-hydrogen) atoms. The molecule has 0 radical (unpaired) electrons. The molecule has 1 saturated heterocycles. The van der Waals surface area contributed by atoms with E-state index >= 15 is 0 Å². The van der Waals surface area contributed by atoms with Crippen molar-refractivity contribution in [2.45, 2.75) is 18.9 Å². The van der Waals surface area contributed by atoms with Crippen LogP contribution in [0.15, 0.2) is 24.3 Å². The summed E-state index contributed by atoms with van der Waals surface area (Å²) in [5.41, 5.74) is 2.25. The zero-order valence-corrected chi connectivity index (χ0v) is 11.1. The van der Waals surface area contributed by atoms with Crippen LogP contribution in [-0.2, 0) is 7.05 Å². The summed E-state index contributed by atoms with van der Waals surface area (Å²) >= 11 is 0. The zero-order chi connectivity index (χ0) is 12.5. The number of imidazole rings is 1. The Hall–Kier alpha value is -1.55. The summed E-state index contributed by atoms with van der Waals surface area (Å²) in [6.07, 6.45) is 2.39. The highest BCUT2D eigenvalue weighted by molar-refractivity contribution is 5.78. The molecule has 1 aromatic heterocycles. The molecule has 2 heterocycles. The molecule has 4 nitrogen and oxygen atoms in total. The van der Waals surface area contributed by atoms with Gasteiger partial charge in [-0.15, -0.1) is 0 Å². The lowest BCUT2D eigenvalue weighted by Gasteiger charge is -2.29. The van der Waals surface area contributed by atoms with Gasteiger partial charge in [-0.3, -0.25) is 0 Å². The van der Waals surface area contributed by atoms with Crippen molar-refractivity contribution in [2.75, 3.05) is 25.5 Å². The van der Waals surface area contributed by atoms with Gasteiger partial charge < -0.3 is 14.8 Å². The summed E-state index contributed by atoms with van der Waals surface area (Å²) in [4.78, 5) is 7.05.